The van der Waals surface area contributed by atoms with Crippen LogP contribution >= 0.6 is 0 Å². The summed E-state index contributed by atoms with van der Waals surface area (Å²) in [5.74, 6) is -1.52. The zero-order chi connectivity index (χ0) is 17.9. The largest absolute Gasteiger partial charge is 0.484 e. The van der Waals surface area contributed by atoms with Gasteiger partial charge in [-0.3, -0.25) is 14.4 Å². The van der Waals surface area contributed by atoms with Crippen molar-refractivity contribution in [2.45, 2.75) is 19.4 Å². The lowest BCUT2D eigenvalue weighted by molar-refractivity contribution is -0.139. The maximum absolute atomic E-state index is 12.3. The first-order valence-corrected chi connectivity index (χ1v) is 7.88. The van der Waals surface area contributed by atoms with Gasteiger partial charge in [-0.15, -0.1) is 0 Å². The van der Waals surface area contributed by atoms with E-state index in [1.54, 1.807) is 26.1 Å². The summed E-state index contributed by atoms with van der Waals surface area (Å²) in [6, 6.07) is 8.99. The number of likely N-dealkylation sites (N-methyl/N-ethyl adjacent to an activating group) is 1. The molecule has 0 aliphatic carbocycles. The summed E-state index contributed by atoms with van der Waals surface area (Å²) in [5.41, 5.74) is 3.85. The van der Waals surface area contributed by atoms with Gasteiger partial charge >= 0.3 is 5.97 Å². The van der Waals surface area contributed by atoms with Crippen LogP contribution in [0.15, 0.2) is 30.3 Å². The molecule has 2 aromatic rings. The van der Waals surface area contributed by atoms with Crippen LogP contribution in [0.1, 0.15) is 34.0 Å². The van der Waals surface area contributed by atoms with Crippen LogP contribution in [0.4, 0.5) is 5.69 Å². The minimum atomic E-state index is -0.976. The third-order valence-electron chi connectivity index (χ3n) is 4.80. The van der Waals surface area contributed by atoms with Crippen molar-refractivity contribution >= 4 is 23.3 Å². The van der Waals surface area contributed by atoms with Gasteiger partial charge in [0.05, 0.1) is 17.7 Å². The molecule has 0 bridgehead atoms. The number of fused-ring (bicyclic) bond motifs is 4. The molecule has 0 spiro atoms. The number of ketones is 1. The molecular weight excluding hydrogens is 322 g/mol. The predicted molar refractivity (Wildman–Crippen MR) is 90.0 cm³/mol. The van der Waals surface area contributed by atoms with Gasteiger partial charge < -0.3 is 14.7 Å². The normalized spacial score (nSPS) is 17.7. The van der Waals surface area contributed by atoms with E-state index in [4.69, 9.17) is 4.74 Å². The lowest BCUT2D eigenvalue weighted by atomic mass is 9.85. The highest BCUT2D eigenvalue weighted by molar-refractivity contribution is 6.52. The number of anilines is 1. The second kappa shape index (κ2) is 5.17. The highest BCUT2D eigenvalue weighted by Gasteiger charge is 2.39. The number of aliphatic carboxylic acids is 1. The zero-order valence-electron chi connectivity index (χ0n) is 13.7. The second-order valence-electron chi connectivity index (χ2n) is 6.25. The van der Waals surface area contributed by atoms with Gasteiger partial charge in [-0.2, -0.15) is 0 Å². The number of carboxylic acids is 1. The van der Waals surface area contributed by atoms with Crippen molar-refractivity contribution in [3.63, 3.8) is 0 Å². The SMILES string of the molecule is Cc1c2c(cc3c1N(C)C(=O)C3=O)-c1ccccc1OC2CC(=O)O. The molecule has 1 atom stereocenters. The molecule has 1 N–H and O–H groups in total. The van der Waals surface area contributed by atoms with E-state index in [9.17, 15) is 19.5 Å². The van der Waals surface area contributed by atoms with E-state index >= 15 is 0 Å². The number of para-hydroxylation sites is 1. The Hall–Kier alpha value is -3.15. The molecule has 126 valence electrons. The maximum Gasteiger partial charge on any atom is 0.307 e. The average molecular weight is 337 g/mol. The van der Waals surface area contributed by atoms with Crippen LogP contribution in [-0.2, 0) is 9.59 Å². The highest BCUT2D eigenvalue weighted by atomic mass is 16.5. The summed E-state index contributed by atoms with van der Waals surface area (Å²) in [6.07, 6.45) is -0.876. The van der Waals surface area contributed by atoms with Gasteiger partial charge in [-0.1, -0.05) is 18.2 Å². The molecule has 2 aliphatic rings. The fraction of sp³-hybridized carbons (Fsp3) is 0.211. The van der Waals surface area contributed by atoms with Crippen molar-refractivity contribution in [3.8, 4) is 16.9 Å². The smallest absolute Gasteiger partial charge is 0.307 e. The van der Waals surface area contributed by atoms with Crippen LogP contribution in [0.5, 0.6) is 5.75 Å². The fourth-order valence-corrected chi connectivity index (χ4v) is 3.74. The molecule has 6 heteroatoms. The molecule has 2 aliphatic heterocycles. The van der Waals surface area contributed by atoms with Crippen LogP contribution in [0.2, 0.25) is 0 Å². The summed E-state index contributed by atoms with van der Waals surface area (Å²) in [4.78, 5) is 37.0. The number of Topliss-reactive ketones (excluding diaryl/α,β-unsaturated/α-hetero) is 1. The van der Waals surface area contributed by atoms with E-state index in [-0.39, 0.29) is 6.42 Å². The molecular formula is C19H15NO5. The lowest BCUT2D eigenvalue weighted by Crippen LogP contribution is -2.25. The molecule has 0 fully saturated rings. The van der Waals surface area contributed by atoms with E-state index in [1.807, 2.05) is 18.2 Å². The minimum Gasteiger partial charge on any atom is -0.484 e. The van der Waals surface area contributed by atoms with Crippen molar-refractivity contribution in [2.75, 3.05) is 11.9 Å². The summed E-state index contributed by atoms with van der Waals surface area (Å²) >= 11 is 0. The molecule has 2 heterocycles. The number of carboxylic acid groups (broad SMARTS) is 1. The third-order valence-corrected chi connectivity index (χ3v) is 4.80. The molecule has 1 amide bonds. The van der Waals surface area contributed by atoms with Crippen molar-refractivity contribution < 1.29 is 24.2 Å². The van der Waals surface area contributed by atoms with Crippen LogP contribution < -0.4 is 9.64 Å². The van der Waals surface area contributed by atoms with Gasteiger partial charge in [0.15, 0.2) is 0 Å². The maximum atomic E-state index is 12.3. The van der Waals surface area contributed by atoms with Gasteiger partial charge in [0.25, 0.3) is 11.7 Å². The minimum absolute atomic E-state index is 0.202. The Morgan fingerprint density at radius 1 is 1.20 bits per heavy atom. The number of hydrogen-bond donors (Lipinski definition) is 1. The van der Waals surface area contributed by atoms with E-state index in [0.29, 0.717) is 28.1 Å². The Morgan fingerprint density at radius 3 is 2.64 bits per heavy atom. The molecule has 0 radical (unpaired) electrons. The number of rotatable bonds is 2. The van der Waals surface area contributed by atoms with Crippen molar-refractivity contribution in [2.24, 2.45) is 0 Å². The number of nitrogens with zero attached hydrogens (tertiary/aromatic N) is 1. The predicted octanol–water partition coefficient (Wildman–Crippen LogP) is 2.73. The van der Waals surface area contributed by atoms with Crippen LogP contribution in [0.3, 0.4) is 0 Å². The number of carbonyl (C=O) groups excluding carboxylic acids is 2. The van der Waals surface area contributed by atoms with Gasteiger partial charge in [-0.05, 0) is 30.2 Å². The number of amides is 1. The summed E-state index contributed by atoms with van der Waals surface area (Å²) in [6.45, 7) is 1.80. The average Bonchev–Trinajstić information content (AvgIpc) is 2.79. The van der Waals surface area contributed by atoms with Crippen molar-refractivity contribution in [1.82, 2.24) is 0 Å². The second-order valence-corrected chi connectivity index (χ2v) is 6.25. The molecule has 1 unspecified atom stereocenters. The number of carbonyl (C=O) groups is 3. The summed E-state index contributed by atoms with van der Waals surface area (Å²) in [7, 11) is 1.55. The summed E-state index contributed by atoms with van der Waals surface area (Å²) in [5, 5.41) is 9.26. The Labute approximate surface area is 143 Å². The Bertz CT molecular complexity index is 963. The fourth-order valence-electron chi connectivity index (χ4n) is 3.74. The van der Waals surface area contributed by atoms with E-state index in [2.05, 4.69) is 0 Å². The lowest BCUT2D eigenvalue weighted by Gasteiger charge is -2.31. The standard InChI is InChI=1S/C19H15NO5/c1-9-16-11(7-12-17(9)20(2)19(24)18(12)23)10-5-3-4-6-13(10)25-14(16)8-15(21)22/h3-7,14H,8H2,1-2H3,(H,21,22). The van der Waals surface area contributed by atoms with Gasteiger partial charge in [-0.25, -0.2) is 0 Å². The van der Waals surface area contributed by atoms with Crippen LogP contribution in [0.25, 0.3) is 11.1 Å². The Morgan fingerprint density at radius 2 is 1.92 bits per heavy atom. The molecule has 0 saturated carbocycles. The zero-order valence-corrected chi connectivity index (χ0v) is 13.7. The molecule has 25 heavy (non-hydrogen) atoms. The first-order valence-electron chi connectivity index (χ1n) is 7.88. The van der Waals surface area contributed by atoms with E-state index in [1.165, 1.54) is 4.90 Å². The van der Waals surface area contributed by atoms with Gasteiger partial charge in [0.1, 0.15) is 11.9 Å². The topological polar surface area (TPSA) is 83.9 Å². The molecule has 0 aromatic heterocycles. The Balaban J connectivity index is 2.03. The van der Waals surface area contributed by atoms with E-state index < -0.39 is 23.8 Å². The Kier molecular flexibility index (Phi) is 3.18. The molecule has 4 rings (SSSR count). The summed E-state index contributed by atoms with van der Waals surface area (Å²) < 4.78 is 5.93. The van der Waals surface area contributed by atoms with Gasteiger partial charge in [0, 0.05) is 18.2 Å². The van der Waals surface area contributed by atoms with Gasteiger partial charge in [0.2, 0.25) is 0 Å². The van der Waals surface area contributed by atoms with Crippen LogP contribution in [-0.4, -0.2) is 29.8 Å². The number of hydrogen-bond acceptors (Lipinski definition) is 4. The van der Waals surface area contributed by atoms with E-state index in [0.717, 1.165) is 11.1 Å². The first-order chi connectivity index (χ1) is 11.9. The molecule has 2 aromatic carbocycles. The first kappa shape index (κ1) is 15.4. The highest BCUT2D eigenvalue weighted by Crippen LogP contribution is 2.49. The molecule has 0 saturated heterocycles. The number of benzene rings is 2. The van der Waals surface area contributed by atoms with Crippen LogP contribution in [0, 0.1) is 6.92 Å². The van der Waals surface area contributed by atoms with Crippen molar-refractivity contribution in [1.29, 1.82) is 0 Å². The number of ether oxygens (including phenoxy) is 1. The quantitative estimate of drug-likeness (QED) is 0.852. The van der Waals surface area contributed by atoms with Crippen molar-refractivity contribution in [3.05, 3.63) is 47.0 Å². The third kappa shape index (κ3) is 2.07. The molecule has 6 nitrogen and oxygen atoms in total. The monoisotopic (exact) mass is 337 g/mol.